The smallest absolute Gasteiger partial charge is 0.225 e. The van der Waals surface area contributed by atoms with Gasteiger partial charge in [-0.1, -0.05) is 0 Å². The molecule has 3 heterocycles. The fraction of sp³-hybridized carbons (Fsp3) is 0.500. The standard InChI is InChI=1S/C14H19N5OS/c1-15-14-17-12(10-5-9-21-13(10)18-14)16-6-4-11(20)19-7-2-3-8-19/h5,9H,2-4,6-8H2,1H3,(H2,15,16,17,18). The van der Waals surface area contributed by atoms with Gasteiger partial charge in [0.2, 0.25) is 11.9 Å². The first-order valence-corrected chi connectivity index (χ1v) is 8.10. The molecule has 1 aliphatic rings. The predicted molar refractivity (Wildman–Crippen MR) is 85.9 cm³/mol. The van der Waals surface area contributed by atoms with Gasteiger partial charge in [0, 0.05) is 33.1 Å². The van der Waals surface area contributed by atoms with Gasteiger partial charge in [-0.3, -0.25) is 4.79 Å². The summed E-state index contributed by atoms with van der Waals surface area (Å²) in [5.74, 6) is 1.61. The lowest BCUT2D eigenvalue weighted by Crippen LogP contribution is -2.29. The third kappa shape index (κ3) is 3.07. The number of anilines is 2. The van der Waals surface area contributed by atoms with Crippen LogP contribution in [0.15, 0.2) is 11.4 Å². The van der Waals surface area contributed by atoms with Gasteiger partial charge in [0.1, 0.15) is 10.6 Å². The number of nitrogens with one attached hydrogen (secondary N) is 2. The summed E-state index contributed by atoms with van der Waals surface area (Å²) in [6, 6.07) is 2.00. The Kier molecular flexibility index (Phi) is 4.19. The van der Waals surface area contributed by atoms with Gasteiger partial charge in [-0.15, -0.1) is 11.3 Å². The molecule has 1 aliphatic heterocycles. The second-order valence-corrected chi connectivity index (χ2v) is 5.94. The highest BCUT2D eigenvalue weighted by Gasteiger charge is 2.17. The maximum Gasteiger partial charge on any atom is 0.225 e. The minimum atomic E-state index is 0.226. The van der Waals surface area contributed by atoms with E-state index in [9.17, 15) is 4.79 Å². The molecule has 2 N–H and O–H groups in total. The van der Waals surface area contributed by atoms with E-state index in [1.165, 1.54) is 0 Å². The molecule has 21 heavy (non-hydrogen) atoms. The van der Waals surface area contributed by atoms with E-state index in [1.54, 1.807) is 18.4 Å². The molecule has 0 atom stereocenters. The van der Waals surface area contributed by atoms with Crippen molar-refractivity contribution in [2.24, 2.45) is 0 Å². The van der Waals surface area contributed by atoms with Gasteiger partial charge in [-0.25, -0.2) is 4.98 Å². The van der Waals surface area contributed by atoms with Crippen LogP contribution in [0.5, 0.6) is 0 Å². The van der Waals surface area contributed by atoms with E-state index in [-0.39, 0.29) is 5.91 Å². The quantitative estimate of drug-likeness (QED) is 0.886. The molecule has 0 radical (unpaired) electrons. The number of thiophene rings is 1. The lowest BCUT2D eigenvalue weighted by Gasteiger charge is -2.15. The first kappa shape index (κ1) is 14.1. The van der Waals surface area contributed by atoms with Crippen molar-refractivity contribution in [2.45, 2.75) is 19.3 Å². The average molecular weight is 305 g/mol. The fourth-order valence-corrected chi connectivity index (χ4v) is 3.28. The van der Waals surface area contributed by atoms with Gasteiger partial charge < -0.3 is 15.5 Å². The number of nitrogens with zero attached hydrogens (tertiary/aromatic N) is 3. The van der Waals surface area contributed by atoms with Crippen molar-refractivity contribution >= 4 is 39.2 Å². The monoisotopic (exact) mass is 305 g/mol. The molecule has 6 nitrogen and oxygen atoms in total. The summed E-state index contributed by atoms with van der Waals surface area (Å²) in [6.45, 7) is 2.41. The molecule has 7 heteroatoms. The van der Waals surface area contributed by atoms with E-state index in [0.717, 1.165) is 42.0 Å². The Morgan fingerprint density at radius 3 is 2.95 bits per heavy atom. The first-order chi connectivity index (χ1) is 10.3. The van der Waals surface area contributed by atoms with E-state index in [0.29, 0.717) is 18.9 Å². The molecule has 1 saturated heterocycles. The zero-order valence-corrected chi connectivity index (χ0v) is 12.9. The number of rotatable bonds is 5. The number of carbonyl (C=O) groups is 1. The molecule has 0 aliphatic carbocycles. The second kappa shape index (κ2) is 6.26. The number of aromatic nitrogens is 2. The van der Waals surface area contributed by atoms with Crippen molar-refractivity contribution in [3.8, 4) is 0 Å². The maximum absolute atomic E-state index is 12.0. The van der Waals surface area contributed by atoms with Crippen molar-refractivity contribution in [3.63, 3.8) is 0 Å². The van der Waals surface area contributed by atoms with Gasteiger partial charge in [0.05, 0.1) is 5.39 Å². The zero-order valence-electron chi connectivity index (χ0n) is 12.1. The van der Waals surface area contributed by atoms with E-state index < -0.39 is 0 Å². The minimum absolute atomic E-state index is 0.226. The number of hydrogen-bond acceptors (Lipinski definition) is 6. The molecule has 1 amide bonds. The number of carbonyl (C=O) groups excluding carboxylic acids is 1. The molecule has 0 saturated carbocycles. The molecule has 2 aromatic heterocycles. The van der Waals surface area contributed by atoms with Crippen LogP contribution >= 0.6 is 11.3 Å². The Balaban J connectivity index is 1.64. The topological polar surface area (TPSA) is 70.2 Å². The van der Waals surface area contributed by atoms with E-state index in [2.05, 4.69) is 20.6 Å². The Morgan fingerprint density at radius 1 is 1.38 bits per heavy atom. The Morgan fingerprint density at radius 2 is 2.19 bits per heavy atom. The number of fused-ring (bicyclic) bond motifs is 1. The molecule has 112 valence electrons. The molecular weight excluding hydrogens is 286 g/mol. The lowest BCUT2D eigenvalue weighted by molar-refractivity contribution is -0.129. The van der Waals surface area contributed by atoms with Crippen molar-refractivity contribution in [1.82, 2.24) is 14.9 Å². The summed E-state index contributed by atoms with van der Waals surface area (Å²) in [7, 11) is 1.80. The van der Waals surface area contributed by atoms with Crippen LogP contribution in [0.3, 0.4) is 0 Å². The fourth-order valence-electron chi connectivity index (χ4n) is 2.51. The molecule has 0 aromatic carbocycles. The predicted octanol–water partition coefficient (Wildman–Crippen LogP) is 2.16. The van der Waals surface area contributed by atoms with Crippen LogP contribution in [0.4, 0.5) is 11.8 Å². The van der Waals surface area contributed by atoms with E-state index in [4.69, 9.17) is 0 Å². The summed E-state index contributed by atoms with van der Waals surface area (Å²) in [6.07, 6.45) is 2.77. The maximum atomic E-state index is 12.0. The number of hydrogen-bond donors (Lipinski definition) is 2. The molecule has 0 bridgehead atoms. The zero-order chi connectivity index (χ0) is 14.7. The van der Waals surface area contributed by atoms with Crippen LogP contribution in [0.1, 0.15) is 19.3 Å². The van der Waals surface area contributed by atoms with Crippen LogP contribution < -0.4 is 10.6 Å². The van der Waals surface area contributed by atoms with Gasteiger partial charge in [0.25, 0.3) is 0 Å². The van der Waals surface area contributed by atoms with Crippen LogP contribution in [-0.2, 0) is 4.79 Å². The van der Waals surface area contributed by atoms with Crippen LogP contribution in [0.25, 0.3) is 10.2 Å². The highest BCUT2D eigenvalue weighted by atomic mass is 32.1. The number of likely N-dealkylation sites (tertiary alicyclic amines) is 1. The molecular formula is C14H19N5OS. The highest BCUT2D eigenvalue weighted by molar-refractivity contribution is 7.16. The Bertz CT molecular complexity index is 635. The van der Waals surface area contributed by atoms with Gasteiger partial charge in [0.15, 0.2) is 0 Å². The summed E-state index contributed by atoms with van der Waals surface area (Å²) in [5, 5.41) is 9.24. The highest BCUT2D eigenvalue weighted by Crippen LogP contribution is 2.26. The summed E-state index contributed by atoms with van der Waals surface area (Å²) in [5.41, 5.74) is 0. The number of amides is 1. The van der Waals surface area contributed by atoms with Crippen LogP contribution in [0, 0.1) is 0 Å². The van der Waals surface area contributed by atoms with Crippen molar-refractivity contribution < 1.29 is 4.79 Å². The van der Waals surface area contributed by atoms with E-state index in [1.807, 2.05) is 16.3 Å². The van der Waals surface area contributed by atoms with Gasteiger partial charge in [-0.2, -0.15) is 4.98 Å². The molecule has 0 unspecified atom stereocenters. The van der Waals surface area contributed by atoms with Crippen molar-refractivity contribution in [1.29, 1.82) is 0 Å². The van der Waals surface area contributed by atoms with Crippen molar-refractivity contribution in [3.05, 3.63) is 11.4 Å². The second-order valence-electron chi connectivity index (χ2n) is 5.05. The SMILES string of the molecule is CNc1nc(NCCC(=O)N2CCCC2)c2ccsc2n1. The Labute approximate surface area is 127 Å². The van der Waals surface area contributed by atoms with Gasteiger partial charge in [-0.05, 0) is 24.3 Å². The molecule has 2 aromatic rings. The minimum Gasteiger partial charge on any atom is -0.369 e. The Hall–Kier alpha value is -1.89. The van der Waals surface area contributed by atoms with E-state index >= 15 is 0 Å². The molecule has 3 rings (SSSR count). The summed E-state index contributed by atoms with van der Waals surface area (Å²) < 4.78 is 0. The first-order valence-electron chi connectivity index (χ1n) is 7.22. The van der Waals surface area contributed by atoms with Crippen LogP contribution in [0.2, 0.25) is 0 Å². The third-order valence-electron chi connectivity index (χ3n) is 3.64. The normalized spacial score (nSPS) is 14.6. The van der Waals surface area contributed by atoms with Crippen molar-refractivity contribution in [2.75, 3.05) is 37.3 Å². The molecule has 0 spiro atoms. The van der Waals surface area contributed by atoms with Gasteiger partial charge >= 0.3 is 0 Å². The lowest BCUT2D eigenvalue weighted by atomic mass is 10.3. The average Bonchev–Trinajstić information content (AvgIpc) is 3.17. The molecule has 1 fully saturated rings. The van der Waals surface area contributed by atoms with Crippen LogP contribution in [-0.4, -0.2) is 47.5 Å². The summed E-state index contributed by atoms with van der Waals surface area (Å²) >= 11 is 1.58. The largest absolute Gasteiger partial charge is 0.369 e. The third-order valence-corrected chi connectivity index (χ3v) is 4.45. The summed E-state index contributed by atoms with van der Waals surface area (Å²) in [4.78, 5) is 23.7.